The van der Waals surface area contributed by atoms with Crippen molar-refractivity contribution in [2.75, 3.05) is 5.32 Å². The van der Waals surface area contributed by atoms with Crippen LogP contribution >= 0.6 is 34.3 Å². The maximum Gasteiger partial charge on any atom is 0.313 e. The predicted octanol–water partition coefficient (Wildman–Crippen LogP) is 4.26. The van der Waals surface area contributed by atoms with E-state index in [4.69, 9.17) is 11.6 Å². The van der Waals surface area contributed by atoms with Crippen LogP contribution in [-0.4, -0.2) is 17.6 Å². The topological polar surface area (TPSA) is 75.3 Å². The lowest BCUT2D eigenvalue weighted by molar-refractivity contribution is -0.136. The molecule has 0 spiro atoms. The minimum Gasteiger partial charge on any atom is -0.343 e. The largest absolute Gasteiger partial charge is 0.343 e. The highest BCUT2D eigenvalue weighted by molar-refractivity contribution is 7.16. The number of amides is 2. The lowest BCUT2D eigenvalue weighted by Crippen LogP contribution is -2.34. The average Bonchev–Trinajstić information content (AvgIpc) is 3.34. The zero-order chi connectivity index (χ0) is 19.4. The highest BCUT2D eigenvalue weighted by Crippen LogP contribution is 2.22. The molecular formula is C19H15ClN2O3S2. The molecule has 0 unspecified atom stereocenters. The molecule has 3 aromatic rings. The number of hydrogen-bond acceptors (Lipinski definition) is 5. The maximum absolute atomic E-state index is 12.3. The fourth-order valence-corrected chi connectivity index (χ4v) is 4.10. The fraction of sp³-hybridized carbons (Fsp3) is 0.105. The van der Waals surface area contributed by atoms with Crippen molar-refractivity contribution >= 4 is 57.6 Å². The lowest BCUT2D eigenvalue weighted by atomic mass is 10.2. The summed E-state index contributed by atoms with van der Waals surface area (Å²) in [6.45, 7) is 1.98. The summed E-state index contributed by atoms with van der Waals surface area (Å²) >= 11 is 8.59. The van der Waals surface area contributed by atoms with Gasteiger partial charge in [-0.05, 0) is 48.2 Å². The van der Waals surface area contributed by atoms with Gasteiger partial charge in [0, 0.05) is 15.6 Å². The SMILES string of the molecule is Cc1ccc(Cl)cc1NC(=O)C(=O)NCc1ccc(C(=O)c2cccs2)s1. The van der Waals surface area contributed by atoms with Gasteiger partial charge in [-0.3, -0.25) is 14.4 Å². The Kier molecular flexibility index (Phi) is 6.05. The number of nitrogens with one attached hydrogen (secondary N) is 2. The summed E-state index contributed by atoms with van der Waals surface area (Å²) in [6.07, 6.45) is 0. The van der Waals surface area contributed by atoms with Gasteiger partial charge >= 0.3 is 11.8 Å². The van der Waals surface area contributed by atoms with Gasteiger partial charge in [0.05, 0.1) is 16.3 Å². The molecule has 0 aliphatic carbocycles. The van der Waals surface area contributed by atoms with E-state index in [1.54, 1.807) is 36.4 Å². The smallest absolute Gasteiger partial charge is 0.313 e. The molecule has 0 aliphatic rings. The molecule has 0 fully saturated rings. The summed E-state index contributed by atoms with van der Waals surface area (Å²) in [4.78, 5) is 38.4. The zero-order valence-corrected chi connectivity index (χ0v) is 16.6. The van der Waals surface area contributed by atoms with E-state index in [1.807, 2.05) is 18.4 Å². The second-order valence-electron chi connectivity index (χ2n) is 5.67. The first-order valence-electron chi connectivity index (χ1n) is 7.96. The molecule has 0 saturated heterocycles. The Labute approximate surface area is 169 Å². The average molecular weight is 419 g/mol. The standard InChI is InChI=1S/C19H15ClN2O3S2/c1-11-4-5-12(20)9-14(11)22-19(25)18(24)21-10-13-6-7-16(27-13)17(23)15-3-2-8-26-15/h2-9H,10H2,1H3,(H,21,24)(H,22,25). The Morgan fingerprint density at radius 3 is 2.59 bits per heavy atom. The van der Waals surface area contributed by atoms with Crippen molar-refractivity contribution in [1.82, 2.24) is 5.32 Å². The van der Waals surface area contributed by atoms with E-state index >= 15 is 0 Å². The highest BCUT2D eigenvalue weighted by atomic mass is 35.5. The van der Waals surface area contributed by atoms with Gasteiger partial charge in [0.15, 0.2) is 0 Å². The first-order chi connectivity index (χ1) is 12.9. The number of rotatable bonds is 5. The molecule has 0 atom stereocenters. The Hall–Kier alpha value is -2.48. The van der Waals surface area contributed by atoms with Crippen LogP contribution in [0.5, 0.6) is 0 Å². The molecule has 0 saturated carbocycles. The molecule has 1 aromatic carbocycles. The van der Waals surface area contributed by atoms with Gasteiger partial charge in [0.2, 0.25) is 5.78 Å². The zero-order valence-electron chi connectivity index (χ0n) is 14.2. The molecule has 2 aromatic heterocycles. The Morgan fingerprint density at radius 2 is 1.85 bits per heavy atom. The third kappa shape index (κ3) is 4.82. The molecule has 138 valence electrons. The van der Waals surface area contributed by atoms with E-state index in [0.29, 0.717) is 20.5 Å². The van der Waals surface area contributed by atoms with Crippen molar-refractivity contribution in [2.24, 2.45) is 0 Å². The van der Waals surface area contributed by atoms with Crippen LogP contribution in [0.3, 0.4) is 0 Å². The minimum atomic E-state index is -0.771. The third-order valence-electron chi connectivity index (χ3n) is 3.71. The van der Waals surface area contributed by atoms with Gasteiger partial charge in [-0.25, -0.2) is 0 Å². The fourth-order valence-electron chi connectivity index (χ4n) is 2.28. The second kappa shape index (κ2) is 8.47. The molecule has 2 heterocycles. The molecule has 0 radical (unpaired) electrons. The quantitative estimate of drug-likeness (QED) is 0.480. The lowest BCUT2D eigenvalue weighted by Gasteiger charge is -2.08. The Bertz CT molecular complexity index is 996. The van der Waals surface area contributed by atoms with Crippen LogP contribution in [-0.2, 0) is 16.1 Å². The van der Waals surface area contributed by atoms with E-state index in [9.17, 15) is 14.4 Å². The first-order valence-corrected chi connectivity index (χ1v) is 10.0. The van der Waals surface area contributed by atoms with Crippen LogP contribution in [0.1, 0.15) is 25.0 Å². The van der Waals surface area contributed by atoms with Crippen LogP contribution < -0.4 is 10.6 Å². The summed E-state index contributed by atoms with van der Waals surface area (Å²) in [7, 11) is 0. The minimum absolute atomic E-state index is 0.0400. The van der Waals surface area contributed by atoms with Crippen molar-refractivity contribution < 1.29 is 14.4 Å². The Morgan fingerprint density at radius 1 is 1.04 bits per heavy atom. The normalized spacial score (nSPS) is 10.4. The molecular weight excluding hydrogens is 404 g/mol. The molecule has 27 heavy (non-hydrogen) atoms. The van der Waals surface area contributed by atoms with Crippen molar-refractivity contribution in [3.63, 3.8) is 0 Å². The first kappa shape index (κ1) is 19.3. The number of aryl methyl sites for hydroxylation is 1. The monoisotopic (exact) mass is 418 g/mol. The molecule has 3 rings (SSSR count). The van der Waals surface area contributed by atoms with Crippen molar-refractivity contribution in [2.45, 2.75) is 13.5 Å². The summed E-state index contributed by atoms with van der Waals surface area (Å²) in [6, 6.07) is 12.1. The molecule has 0 bridgehead atoms. The van der Waals surface area contributed by atoms with Crippen LogP contribution in [0.15, 0.2) is 47.8 Å². The second-order valence-corrected chi connectivity index (χ2v) is 8.22. The van der Waals surface area contributed by atoms with Crippen molar-refractivity contribution in [3.8, 4) is 0 Å². The van der Waals surface area contributed by atoms with Crippen LogP contribution in [0, 0.1) is 6.92 Å². The van der Waals surface area contributed by atoms with Crippen LogP contribution in [0.2, 0.25) is 5.02 Å². The highest BCUT2D eigenvalue weighted by Gasteiger charge is 2.16. The van der Waals surface area contributed by atoms with Gasteiger partial charge < -0.3 is 10.6 Å². The van der Waals surface area contributed by atoms with Gasteiger partial charge in [0.1, 0.15) is 0 Å². The summed E-state index contributed by atoms with van der Waals surface area (Å²) in [5, 5.41) is 7.42. The predicted molar refractivity (Wildman–Crippen MR) is 109 cm³/mol. The molecule has 8 heteroatoms. The number of ketones is 1. The van der Waals surface area contributed by atoms with Crippen molar-refractivity contribution in [3.05, 3.63) is 73.1 Å². The van der Waals surface area contributed by atoms with Crippen molar-refractivity contribution in [1.29, 1.82) is 0 Å². The van der Waals surface area contributed by atoms with E-state index in [0.717, 1.165) is 10.4 Å². The molecule has 2 N–H and O–H groups in total. The number of thiophene rings is 2. The van der Waals surface area contributed by atoms with E-state index < -0.39 is 11.8 Å². The van der Waals surface area contributed by atoms with E-state index in [1.165, 1.54) is 22.7 Å². The van der Waals surface area contributed by atoms with Gasteiger partial charge in [-0.2, -0.15) is 0 Å². The van der Waals surface area contributed by atoms with Gasteiger partial charge in [-0.1, -0.05) is 23.7 Å². The number of halogens is 1. The number of anilines is 1. The van der Waals surface area contributed by atoms with E-state index in [2.05, 4.69) is 10.6 Å². The number of benzene rings is 1. The third-order valence-corrected chi connectivity index (χ3v) is 5.90. The maximum atomic E-state index is 12.3. The molecule has 5 nitrogen and oxygen atoms in total. The summed E-state index contributed by atoms with van der Waals surface area (Å²) in [5.41, 5.74) is 1.29. The number of hydrogen-bond donors (Lipinski definition) is 2. The number of carbonyl (C=O) groups is 3. The summed E-state index contributed by atoms with van der Waals surface area (Å²) < 4.78 is 0. The molecule has 0 aliphatic heterocycles. The Balaban J connectivity index is 1.57. The van der Waals surface area contributed by atoms with Crippen LogP contribution in [0.25, 0.3) is 0 Å². The molecule has 2 amide bonds. The van der Waals surface area contributed by atoms with Gasteiger partial charge in [-0.15, -0.1) is 22.7 Å². The van der Waals surface area contributed by atoms with Gasteiger partial charge in [0.25, 0.3) is 0 Å². The van der Waals surface area contributed by atoms with E-state index in [-0.39, 0.29) is 12.3 Å². The number of carbonyl (C=O) groups excluding carboxylic acids is 3. The summed E-state index contributed by atoms with van der Waals surface area (Å²) in [5.74, 6) is -1.57. The van der Waals surface area contributed by atoms with Crippen LogP contribution in [0.4, 0.5) is 5.69 Å².